The van der Waals surface area contributed by atoms with Crippen molar-refractivity contribution >= 4 is 11.9 Å². The summed E-state index contributed by atoms with van der Waals surface area (Å²) in [5.74, 6) is -1.37. The Bertz CT molecular complexity index is 792. The molecule has 0 bridgehead atoms. The van der Waals surface area contributed by atoms with E-state index in [-0.39, 0.29) is 12.1 Å². The molecular weight excluding hydrogens is 314 g/mol. The third-order valence-electron chi connectivity index (χ3n) is 4.33. The van der Waals surface area contributed by atoms with Crippen molar-refractivity contribution in [1.82, 2.24) is 10.2 Å². The highest BCUT2D eigenvalue weighted by atomic mass is 19.1. The van der Waals surface area contributed by atoms with Gasteiger partial charge in [-0.1, -0.05) is 37.3 Å². The van der Waals surface area contributed by atoms with Crippen molar-refractivity contribution in [1.29, 1.82) is 0 Å². The van der Waals surface area contributed by atoms with Gasteiger partial charge in [0.15, 0.2) is 0 Å². The second-order valence-electron chi connectivity index (χ2n) is 5.68. The van der Waals surface area contributed by atoms with Crippen LogP contribution < -0.4 is 5.32 Å². The van der Waals surface area contributed by atoms with Gasteiger partial charge in [0.25, 0.3) is 5.91 Å². The highest BCUT2D eigenvalue weighted by Gasteiger charge is 2.51. The van der Waals surface area contributed by atoms with Gasteiger partial charge in [0.05, 0.1) is 6.54 Å². The fourth-order valence-corrected chi connectivity index (χ4v) is 2.94. The van der Waals surface area contributed by atoms with Crippen LogP contribution in [0.2, 0.25) is 0 Å². The van der Waals surface area contributed by atoms with Crippen LogP contribution in [0.15, 0.2) is 48.5 Å². The summed E-state index contributed by atoms with van der Waals surface area (Å²) in [7, 11) is 0. The van der Waals surface area contributed by atoms with E-state index in [1.54, 1.807) is 19.1 Å². The molecule has 1 aliphatic rings. The number of nitrogens with one attached hydrogen (secondary N) is 1. The Hall–Kier alpha value is -2.76. The fourth-order valence-electron chi connectivity index (χ4n) is 2.94. The van der Waals surface area contributed by atoms with Gasteiger partial charge in [0.2, 0.25) is 0 Å². The second kappa shape index (κ2) is 6.03. The first kappa shape index (κ1) is 16.1. The van der Waals surface area contributed by atoms with Crippen LogP contribution in [0, 0.1) is 11.6 Å². The average molecular weight is 330 g/mol. The molecule has 0 unspecified atom stereocenters. The van der Waals surface area contributed by atoms with Crippen molar-refractivity contribution in [2.45, 2.75) is 25.4 Å². The number of carbonyl (C=O) groups excluding carboxylic acids is 2. The normalized spacial score (nSPS) is 20.4. The molecule has 124 valence electrons. The quantitative estimate of drug-likeness (QED) is 0.874. The lowest BCUT2D eigenvalue weighted by molar-refractivity contribution is -0.132. The first-order valence-electron chi connectivity index (χ1n) is 7.61. The van der Waals surface area contributed by atoms with Gasteiger partial charge in [0.1, 0.15) is 17.2 Å². The lowest BCUT2D eigenvalue weighted by Gasteiger charge is -2.25. The number of hydrogen-bond acceptors (Lipinski definition) is 2. The van der Waals surface area contributed by atoms with Gasteiger partial charge in [-0.25, -0.2) is 13.6 Å². The monoisotopic (exact) mass is 330 g/mol. The van der Waals surface area contributed by atoms with Crippen LogP contribution in [0.4, 0.5) is 13.6 Å². The predicted octanol–water partition coefficient (Wildman–Crippen LogP) is 3.32. The molecule has 0 aliphatic carbocycles. The highest BCUT2D eigenvalue weighted by Crippen LogP contribution is 2.33. The maximum absolute atomic E-state index is 13.8. The molecule has 1 atom stereocenters. The summed E-state index contributed by atoms with van der Waals surface area (Å²) < 4.78 is 27.0. The first-order valence-corrected chi connectivity index (χ1v) is 7.61. The van der Waals surface area contributed by atoms with Crippen LogP contribution in [0.5, 0.6) is 0 Å². The molecule has 2 aromatic rings. The van der Waals surface area contributed by atoms with Crippen LogP contribution in [0.1, 0.15) is 24.5 Å². The van der Waals surface area contributed by atoms with Gasteiger partial charge in [-0.05, 0) is 30.2 Å². The number of imide groups is 1. The second-order valence-corrected chi connectivity index (χ2v) is 5.68. The molecule has 24 heavy (non-hydrogen) atoms. The zero-order valence-corrected chi connectivity index (χ0v) is 13.1. The summed E-state index contributed by atoms with van der Waals surface area (Å²) in [6.07, 6.45) is 0.303. The smallest absolute Gasteiger partial charge is 0.319 e. The van der Waals surface area contributed by atoms with E-state index in [0.29, 0.717) is 12.0 Å². The van der Waals surface area contributed by atoms with Gasteiger partial charge < -0.3 is 5.32 Å². The molecule has 0 aromatic heterocycles. The molecule has 3 amide bonds. The molecule has 2 aromatic carbocycles. The van der Waals surface area contributed by atoms with E-state index in [2.05, 4.69) is 5.32 Å². The number of rotatable bonds is 4. The molecule has 1 fully saturated rings. The van der Waals surface area contributed by atoms with Gasteiger partial charge >= 0.3 is 6.03 Å². The molecule has 3 rings (SSSR count). The number of carbonyl (C=O) groups is 2. The zero-order valence-electron chi connectivity index (χ0n) is 13.1. The van der Waals surface area contributed by atoms with Crippen LogP contribution >= 0.6 is 0 Å². The number of urea groups is 1. The minimum Gasteiger partial charge on any atom is -0.319 e. The summed E-state index contributed by atoms with van der Waals surface area (Å²) in [6.45, 7) is 1.61. The van der Waals surface area contributed by atoms with Gasteiger partial charge in [-0.15, -0.1) is 0 Å². The van der Waals surface area contributed by atoms with E-state index in [1.165, 1.54) is 36.4 Å². The number of amides is 3. The van der Waals surface area contributed by atoms with Crippen LogP contribution in [0.3, 0.4) is 0 Å². The molecule has 0 radical (unpaired) electrons. The predicted molar refractivity (Wildman–Crippen MR) is 83.9 cm³/mol. The highest BCUT2D eigenvalue weighted by molar-refractivity contribution is 6.07. The first-order chi connectivity index (χ1) is 11.5. The van der Waals surface area contributed by atoms with E-state index in [9.17, 15) is 18.4 Å². The lowest BCUT2D eigenvalue weighted by Crippen LogP contribution is -2.43. The molecule has 6 heteroatoms. The lowest BCUT2D eigenvalue weighted by atomic mass is 9.87. The Labute approximate surface area is 138 Å². The van der Waals surface area contributed by atoms with E-state index >= 15 is 0 Å². The summed E-state index contributed by atoms with van der Waals surface area (Å²) in [6, 6.07) is 10.8. The molecule has 1 heterocycles. The van der Waals surface area contributed by atoms with Gasteiger partial charge in [-0.2, -0.15) is 0 Å². The third kappa shape index (κ3) is 2.54. The van der Waals surface area contributed by atoms with E-state index < -0.39 is 29.1 Å². The van der Waals surface area contributed by atoms with Crippen LogP contribution in [-0.2, 0) is 16.9 Å². The average Bonchev–Trinajstić information content (AvgIpc) is 2.82. The Morgan fingerprint density at radius 1 is 1.04 bits per heavy atom. The van der Waals surface area contributed by atoms with Crippen molar-refractivity contribution < 1.29 is 18.4 Å². The summed E-state index contributed by atoms with van der Waals surface area (Å²) in [4.78, 5) is 26.2. The molecule has 0 spiro atoms. The topological polar surface area (TPSA) is 49.4 Å². The van der Waals surface area contributed by atoms with E-state index in [1.807, 2.05) is 0 Å². The molecule has 4 nitrogen and oxygen atoms in total. The SMILES string of the molecule is CC[C@]1(c2ccc(F)cc2)NC(=O)N(Cc2ccccc2F)C1=O. The zero-order chi connectivity index (χ0) is 17.3. The Morgan fingerprint density at radius 3 is 2.33 bits per heavy atom. The standard InChI is InChI=1S/C18H16F2N2O2/c1-2-18(13-7-9-14(19)10-8-13)16(23)22(17(24)21-18)11-12-5-3-4-6-15(12)20/h3-10H,2,11H2,1H3,(H,21,24)/t18-/m1/s1. The number of halogens is 2. The van der Waals surface area contributed by atoms with E-state index in [0.717, 1.165) is 4.90 Å². The Balaban J connectivity index is 1.95. The summed E-state index contributed by atoms with van der Waals surface area (Å²) in [5, 5.41) is 2.68. The van der Waals surface area contributed by atoms with Crippen molar-refractivity contribution in [3.8, 4) is 0 Å². The van der Waals surface area contributed by atoms with Gasteiger partial charge in [0, 0.05) is 5.56 Å². The van der Waals surface area contributed by atoms with Crippen molar-refractivity contribution in [3.63, 3.8) is 0 Å². The molecule has 1 aliphatic heterocycles. The Kier molecular flexibility index (Phi) is 4.05. The summed E-state index contributed by atoms with van der Waals surface area (Å²) in [5.41, 5.74) is -0.497. The maximum atomic E-state index is 13.8. The van der Waals surface area contributed by atoms with Crippen molar-refractivity contribution in [2.75, 3.05) is 0 Å². The number of nitrogens with zero attached hydrogens (tertiary/aromatic N) is 1. The van der Waals surface area contributed by atoms with Crippen LogP contribution in [0.25, 0.3) is 0 Å². The van der Waals surface area contributed by atoms with E-state index in [4.69, 9.17) is 0 Å². The van der Waals surface area contributed by atoms with Crippen LogP contribution in [-0.4, -0.2) is 16.8 Å². The minimum absolute atomic E-state index is 0.152. The number of benzene rings is 2. The minimum atomic E-state index is -1.25. The Morgan fingerprint density at radius 2 is 1.71 bits per heavy atom. The largest absolute Gasteiger partial charge is 0.325 e. The number of hydrogen-bond donors (Lipinski definition) is 1. The maximum Gasteiger partial charge on any atom is 0.325 e. The van der Waals surface area contributed by atoms with Crippen molar-refractivity contribution in [2.24, 2.45) is 0 Å². The third-order valence-corrected chi connectivity index (χ3v) is 4.33. The fraction of sp³-hybridized carbons (Fsp3) is 0.222. The molecule has 1 N–H and O–H groups in total. The molecule has 1 saturated heterocycles. The van der Waals surface area contributed by atoms with Crippen molar-refractivity contribution in [3.05, 3.63) is 71.3 Å². The molecular formula is C18H16F2N2O2. The molecule has 0 saturated carbocycles. The summed E-state index contributed by atoms with van der Waals surface area (Å²) >= 11 is 0. The van der Waals surface area contributed by atoms with Gasteiger partial charge in [-0.3, -0.25) is 9.69 Å².